The Kier molecular flexibility index (Phi) is 30.1. The summed E-state index contributed by atoms with van der Waals surface area (Å²) < 4.78 is 42.0. The summed E-state index contributed by atoms with van der Waals surface area (Å²) in [5, 5.41) is 16.3. The average molecular weight is 1230 g/mol. The molecule has 0 aromatic heterocycles. The molecule has 24 nitrogen and oxygen atoms in total. The molecule has 25 heteroatoms. The molecule has 10 amide bonds. The van der Waals surface area contributed by atoms with Gasteiger partial charge in [-0.1, -0.05) is 106 Å². The minimum atomic E-state index is -4.61. The summed E-state index contributed by atoms with van der Waals surface area (Å²) in [7, 11) is 3.63. The molecule has 1 aliphatic heterocycles. The Labute approximate surface area is 509 Å². The van der Waals surface area contributed by atoms with Crippen LogP contribution in [0.15, 0.2) is 59.5 Å². The van der Waals surface area contributed by atoms with E-state index in [2.05, 4.69) is 36.6 Å². The fourth-order valence-corrected chi connectivity index (χ4v) is 12.1. The van der Waals surface area contributed by atoms with Crippen LogP contribution < -0.4 is 42.4 Å². The number of nitrogens with two attached hydrogens (primary N) is 1. The lowest BCUT2D eigenvalue weighted by atomic mass is 9.89. The standard InChI is InChI=1S/C61H99N11O13S/c1-16-23-48(73)67-50(36(3)4)58(78)65-44(26-21-32-63-61(62)81)56(76)64-42-28-30-43(31-29-42)86(82,83)69-57(77)45(34-41-24-19-18-20-25-41)66-55(75)40(10)54(85-15)46-27-22-33-72(46)49(74)35-47(84-14)53(39(9)17-2)71(13)60(80)51(37(5)6)68-59(79)52(38(7)8)70(11)12/h18-20,24-25,28-31,36-40,44-47,50-54H,16-17,21-23,26-27,32-35H2,1-15H3,(H,64,76)(H,65,78)(H,66,75)(H,67,73)(H,68,79)(H,69,77)(H3,62,63,81)/t39-,40+,44-,45-,46-,47+,50?,51-,52?,53?,54+/m0/s1. The third-order valence-corrected chi connectivity index (χ3v) is 17.2. The van der Waals surface area contributed by atoms with E-state index in [0.29, 0.717) is 37.8 Å². The number of carbonyl (C=O) groups is 9. The first kappa shape index (κ1) is 73.6. The number of urea groups is 1. The van der Waals surface area contributed by atoms with E-state index in [1.54, 1.807) is 68.0 Å². The third-order valence-electron chi connectivity index (χ3n) is 15.9. The van der Waals surface area contributed by atoms with E-state index in [4.69, 9.17) is 15.2 Å². The Morgan fingerprint density at radius 2 is 1.34 bits per heavy atom. The zero-order valence-electron chi connectivity index (χ0n) is 53.2. The van der Waals surface area contributed by atoms with E-state index in [0.717, 1.165) is 12.1 Å². The number of ether oxygens (including phenoxy) is 2. The van der Waals surface area contributed by atoms with Crippen molar-refractivity contribution in [3.05, 3.63) is 60.2 Å². The fraction of sp³-hybridized carbons (Fsp3) is 0.656. The number of likely N-dealkylation sites (N-methyl/N-ethyl adjacent to an activating group) is 2. The highest BCUT2D eigenvalue weighted by Gasteiger charge is 2.44. The summed E-state index contributed by atoms with van der Waals surface area (Å²) in [6, 6.07) is 6.79. The van der Waals surface area contributed by atoms with Gasteiger partial charge in [-0.3, -0.25) is 43.3 Å². The number of nitrogens with one attached hydrogen (secondary N) is 7. The molecule has 2 aromatic rings. The summed E-state index contributed by atoms with van der Waals surface area (Å²) >= 11 is 0. The number of benzene rings is 2. The zero-order chi connectivity index (χ0) is 64.7. The number of primary amides is 1. The van der Waals surface area contributed by atoms with Gasteiger partial charge in [0.05, 0.1) is 47.6 Å². The Bertz CT molecular complexity index is 2670. The lowest BCUT2D eigenvalue weighted by molar-refractivity contribution is -0.148. The summed E-state index contributed by atoms with van der Waals surface area (Å²) in [6.07, 6.45) is 0.892. The van der Waals surface area contributed by atoms with Gasteiger partial charge in [-0.05, 0) is 99.7 Å². The molecule has 3 unspecified atom stereocenters. The molecule has 1 heterocycles. The van der Waals surface area contributed by atoms with Gasteiger partial charge in [-0.2, -0.15) is 0 Å². The van der Waals surface area contributed by atoms with Gasteiger partial charge >= 0.3 is 6.03 Å². The predicted octanol–water partition coefficient (Wildman–Crippen LogP) is 3.68. The van der Waals surface area contributed by atoms with Gasteiger partial charge in [-0.15, -0.1) is 0 Å². The van der Waals surface area contributed by atoms with Crippen molar-refractivity contribution in [1.29, 1.82) is 0 Å². The highest BCUT2D eigenvalue weighted by molar-refractivity contribution is 7.90. The van der Waals surface area contributed by atoms with Crippen molar-refractivity contribution in [2.24, 2.45) is 35.3 Å². The molecule has 1 aliphatic rings. The molecule has 0 radical (unpaired) electrons. The molecule has 0 spiro atoms. The van der Waals surface area contributed by atoms with E-state index in [1.165, 1.54) is 26.4 Å². The monoisotopic (exact) mass is 1230 g/mol. The molecule has 1 saturated heterocycles. The number of anilines is 1. The molecule has 482 valence electrons. The van der Waals surface area contributed by atoms with Crippen LogP contribution in [0.4, 0.5) is 10.5 Å². The molecular formula is C61H99N11O13S. The largest absolute Gasteiger partial charge is 0.379 e. The van der Waals surface area contributed by atoms with Crippen molar-refractivity contribution in [1.82, 2.24) is 46.0 Å². The second-order valence-corrected chi connectivity index (χ2v) is 25.4. The summed E-state index contributed by atoms with van der Waals surface area (Å²) in [5.41, 5.74) is 5.95. The van der Waals surface area contributed by atoms with E-state index in [9.17, 15) is 51.6 Å². The molecule has 0 aliphatic carbocycles. The highest BCUT2D eigenvalue weighted by atomic mass is 32.2. The first-order chi connectivity index (χ1) is 40.4. The Morgan fingerprint density at radius 1 is 0.721 bits per heavy atom. The topological polar surface area (TPSA) is 326 Å². The maximum atomic E-state index is 14.6. The molecular weight excluding hydrogens is 1130 g/mol. The number of sulfonamides is 1. The number of hydrogen-bond acceptors (Lipinski definition) is 14. The van der Waals surface area contributed by atoms with Crippen LogP contribution in [0.5, 0.6) is 0 Å². The van der Waals surface area contributed by atoms with Crippen LogP contribution in [0, 0.1) is 29.6 Å². The Morgan fingerprint density at radius 3 is 1.87 bits per heavy atom. The highest BCUT2D eigenvalue weighted by Crippen LogP contribution is 2.30. The molecule has 2 aromatic carbocycles. The lowest BCUT2D eigenvalue weighted by Gasteiger charge is -2.41. The van der Waals surface area contributed by atoms with E-state index in [-0.39, 0.29) is 96.5 Å². The molecule has 0 bridgehead atoms. The van der Waals surface area contributed by atoms with Crippen LogP contribution in [-0.4, -0.2) is 179 Å². The number of amides is 10. The van der Waals surface area contributed by atoms with Gasteiger partial charge < -0.3 is 56.9 Å². The first-order valence-corrected chi connectivity index (χ1v) is 31.5. The molecule has 0 saturated carbocycles. The molecule has 9 N–H and O–H groups in total. The molecule has 11 atom stereocenters. The van der Waals surface area contributed by atoms with Crippen molar-refractivity contribution >= 4 is 69.0 Å². The van der Waals surface area contributed by atoms with Gasteiger partial charge in [-0.25, -0.2) is 17.9 Å². The molecule has 86 heavy (non-hydrogen) atoms. The zero-order valence-corrected chi connectivity index (χ0v) is 54.0. The molecule has 1 fully saturated rings. The predicted molar refractivity (Wildman–Crippen MR) is 328 cm³/mol. The van der Waals surface area contributed by atoms with Crippen LogP contribution >= 0.6 is 0 Å². The quantitative estimate of drug-likeness (QED) is 0.0457. The van der Waals surface area contributed by atoms with Crippen molar-refractivity contribution in [2.75, 3.05) is 53.8 Å². The van der Waals surface area contributed by atoms with Gasteiger partial charge in [0.2, 0.25) is 41.4 Å². The molecule has 3 rings (SSSR count). The van der Waals surface area contributed by atoms with E-state index >= 15 is 0 Å². The number of likely N-dealkylation sites (tertiary alicyclic amines) is 1. The van der Waals surface area contributed by atoms with Crippen LogP contribution in [0.3, 0.4) is 0 Å². The maximum Gasteiger partial charge on any atom is 0.312 e. The summed E-state index contributed by atoms with van der Waals surface area (Å²) in [4.78, 5) is 127. The van der Waals surface area contributed by atoms with Crippen molar-refractivity contribution in [2.45, 2.75) is 186 Å². The fourth-order valence-electron chi connectivity index (χ4n) is 11.0. The Balaban J connectivity index is 1.84. The average Bonchev–Trinajstić information content (AvgIpc) is 4.14. The van der Waals surface area contributed by atoms with Crippen molar-refractivity contribution in [3.63, 3.8) is 0 Å². The first-order valence-electron chi connectivity index (χ1n) is 30.0. The van der Waals surface area contributed by atoms with Gasteiger partial charge in [0.15, 0.2) is 0 Å². The number of carbonyl (C=O) groups excluding carboxylic acids is 9. The van der Waals surface area contributed by atoms with Crippen LogP contribution in [0.25, 0.3) is 0 Å². The summed E-state index contributed by atoms with van der Waals surface area (Å²) in [6.45, 7) is 19.0. The van der Waals surface area contributed by atoms with Crippen LogP contribution in [0.2, 0.25) is 0 Å². The second-order valence-electron chi connectivity index (χ2n) is 23.7. The number of methoxy groups -OCH3 is 2. The Hall–Kier alpha value is -6.70. The minimum Gasteiger partial charge on any atom is -0.379 e. The number of hydrogen-bond donors (Lipinski definition) is 8. The summed E-state index contributed by atoms with van der Waals surface area (Å²) in [5.74, 6) is -5.88. The van der Waals surface area contributed by atoms with E-state index in [1.807, 2.05) is 67.5 Å². The van der Waals surface area contributed by atoms with Crippen LogP contribution in [0.1, 0.15) is 126 Å². The SMILES string of the molecule is CCCC(=O)NC(C(=O)N[C@@H](CCCNC(N)=O)C(=O)Nc1ccc(S(=O)(=O)NC(=O)[C@H](Cc2ccccc2)NC(=O)[C@H](C)[C@@H](OC)[C@@H]2CCCN2C(=O)C[C@@H](OC)C([C@@H](C)CC)N(C)C(=O)[C@@H](NC(=O)C(C(C)C)N(C)C)C(C)C)cc1)C(C)C. The lowest BCUT2D eigenvalue weighted by Crippen LogP contribution is -2.59. The van der Waals surface area contributed by atoms with Gasteiger partial charge in [0.25, 0.3) is 15.9 Å². The normalized spacial score (nSPS) is 17.0. The third kappa shape index (κ3) is 21.6. The van der Waals surface area contributed by atoms with Gasteiger partial charge in [0.1, 0.15) is 24.2 Å². The van der Waals surface area contributed by atoms with Crippen molar-refractivity contribution < 1.29 is 61.0 Å². The maximum absolute atomic E-state index is 14.6. The van der Waals surface area contributed by atoms with Crippen LogP contribution in [-0.2, 0) is 64.3 Å². The second kappa shape index (κ2) is 35.2. The smallest absolute Gasteiger partial charge is 0.312 e. The van der Waals surface area contributed by atoms with E-state index < -0.39 is 100 Å². The minimum absolute atomic E-state index is 0.0191. The van der Waals surface area contributed by atoms with Crippen molar-refractivity contribution in [3.8, 4) is 0 Å². The number of rotatable bonds is 35. The number of nitrogens with zero attached hydrogens (tertiary/aromatic N) is 3. The van der Waals surface area contributed by atoms with Gasteiger partial charge in [0, 0.05) is 52.9 Å².